The first-order valence-corrected chi connectivity index (χ1v) is 5.97. The number of non-ortho nitro benzene ring substituents is 1. The topological polar surface area (TPSA) is 81.0 Å². The van der Waals surface area contributed by atoms with E-state index in [1.807, 2.05) is 13.0 Å². The Balaban J connectivity index is 1.99. The summed E-state index contributed by atoms with van der Waals surface area (Å²) < 4.78 is 0. The Morgan fingerprint density at radius 3 is 2.63 bits per heavy atom. The summed E-state index contributed by atoms with van der Waals surface area (Å²) in [6.45, 7) is 2.60. The van der Waals surface area contributed by atoms with Gasteiger partial charge in [-0.15, -0.1) is 0 Å². The van der Waals surface area contributed by atoms with E-state index in [-0.39, 0.29) is 5.69 Å². The quantitative estimate of drug-likeness (QED) is 0.658. The highest BCUT2D eigenvalue weighted by Crippen LogP contribution is 2.13. The molecule has 2 aromatic rings. The maximum Gasteiger partial charge on any atom is 0.269 e. The highest BCUT2D eigenvalue weighted by molar-refractivity contribution is 5.38. The summed E-state index contributed by atoms with van der Waals surface area (Å²) >= 11 is 0. The van der Waals surface area contributed by atoms with Crippen LogP contribution in [0.1, 0.15) is 18.2 Å². The molecule has 1 aromatic carbocycles. The lowest BCUT2D eigenvalue weighted by Crippen LogP contribution is -2.02. The Hall–Kier alpha value is -2.50. The average Bonchev–Trinajstić information content (AvgIpc) is 2.46. The molecule has 0 bridgehead atoms. The van der Waals surface area contributed by atoms with Gasteiger partial charge in [-0.05, 0) is 12.0 Å². The van der Waals surface area contributed by atoms with Gasteiger partial charge in [-0.25, -0.2) is 9.97 Å². The van der Waals surface area contributed by atoms with Gasteiger partial charge in [0.1, 0.15) is 12.1 Å². The van der Waals surface area contributed by atoms with Crippen LogP contribution in [0.4, 0.5) is 11.5 Å². The van der Waals surface area contributed by atoms with Gasteiger partial charge >= 0.3 is 0 Å². The molecule has 0 fully saturated rings. The Labute approximate surface area is 110 Å². The standard InChI is InChI=1S/C13H14N4O2/c1-2-11-7-13(16-9-15-11)14-8-10-3-5-12(6-4-10)17(18)19/h3-7,9H,2,8H2,1H3,(H,14,15,16). The van der Waals surface area contributed by atoms with Gasteiger partial charge in [-0.1, -0.05) is 19.1 Å². The minimum absolute atomic E-state index is 0.0963. The summed E-state index contributed by atoms with van der Waals surface area (Å²) in [5.74, 6) is 0.755. The third kappa shape index (κ3) is 3.48. The SMILES string of the molecule is CCc1cc(NCc2ccc([N+](=O)[O-])cc2)ncn1. The van der Waals surface area contributed by atoms with Gasteiger partial charge in [0.2, 0.25) is 0 Å². The second-order valence-corrected chi connectivity index (χ2v) is 4.03. The largest absolute Gasteiger partial charge is 0.366 e. The summed E-state index contributed by atoms with van der Waals surface area (Å²) in [5.41, 5.74) is 2.03. The van der Waals surface area contributed by atoms with Crippen LogP contribution in [0.25, 0.3) is 0 Å². The van der Waals surface area contributed by atoms with E-state index in [0.717, 1.165) is 23.5 Å². The Morgan fingerprint density at radius 2 is 2.00 bits per heavy atom. The average molecular weight is 258 g/mol. The van der Waals surface area contributed by atoms with Crippen molar-refractivity contribution >= 4 is 11.5 Å². The van der Waals surface area contributed by atoms with Crippen LogP contribution in [0, 0.1) is 10.1 Å². The van der Waals surface area contributed by atoms with E-state index < -0.39 is 4.92 Å². The molecule has 0 aliphatic carbocycles. The molecule has 6 nitrogen and oxygen atoms in total. The zero-order valence-corrected chi connectivity index (χ0v) is 10.5. The van der Waals surface area contributed by atoms with E-state index in [1.54, 1.807) is 12.1 Å². The first kappa shape index (κ1) is 12.9. The molecule has 0 amide bonds. The van der Waals surface area contributed by atoms with Crippen molar-refractivity contribution in [2.24, 2.45) is 0 Å². The summed E-state index contributed by atoms with van der Waals surface area (Å²) in [5, 5.41) is 13.7. The summed E-state index contributed by atoms with van der Waals surface area (Å²) in [6.07, 6.45) is 2.38. The van der Waals surface area contributed by atoms with Crippen molar-refractivity contribution in [1.82, 2.24) is 9.97 Å². The highest BCUT2D eigenvalue weighted by Gasteiger charge is 2.04. The van der Waals surface area contributed by atoms with Gasteiger partial charge in [-0.2, -0.15) is 0 Å². The number of hydrogen-bond donors (Lipinski definition) is 1. The molecule has 0 saturated heterocycles. The fourth-order valence-electron chi connectivity index (χ4n) is 1.62. The summed E-state index contributed by atoms with van der Waals surface area (Å²) in [4.78, 5) is 18.4. The fraction of sp³-hybridized carbons (Fsp3) is 0.231. The predicted molar refractivity (Wildman–Crippen MR) is 71.8 cm³/mol. The lowest BCUT2D eigenvalue weighted by molar-refractivity contribution is -0.384. The zero-order chi connectivity index (χ0) is 13.7. The van der Waals surface area contributed by atoms with Crippen molar-refractivity contribution in [2.75, 3.05) is 5.32 Å². The number of aromatic nitrogens is 2. The third-order valence-corrected chi connectivity index (χ3v) is 2.71. The summed E-state index contributed by atoms with van der Waals surface area (Å²) in [6, 6.07) is 8.34. The minimum Gasteiger partial charge on any atom is -0.366 e. The number of hydrogen-bond acceptors (Lipinski definition) is 5. The van der Waals surface area contributed by atoms with Crippen LogP contribution in [-0.4, -0.2) is 14.9 Å². The van der Waals surface area contributed by atoms with Gasteiger partial charge in [-0.3, -0.25) is 10.1 Å². The van der Waals surface area contributed by atoms with Gasteiger partial charge in [0.25, 0.3) is 5.69 Å². The Morgan fingerprint density at radius 1 is 1.26 bits per heavy atom. The zero-order valence-electron chi connectivity index (χ0n) is 10.5. The van der Waals surface area contributed by atoms with E-state index in [1.165, 1.54) is 18.5 Å². The van der Waals surface area contributed by atoms with Crippen LogP contribution in [-0.2, 0) is 13.0 Å². The highest BCUT2D eigenvalue weighted by atomic mass is 16.6. The first-order chi connectivity index (χ1) is 9.19. The van der Waals surface area contributed by atoms with Gasteiger partial charge in [0, 0.05) is 30.4 Å². The maximum absolute atomic E-state index is 10.5. The second kappa shape index (κ2) is 5.90. The first-order valence-electron chi connectivity index (χ1n) is 5.97. The lowest BCUT2D eigenvalue weighted by atomic mass is 10.2. The van der Waals surface area contributed by atoms with E-state index in [4.69, 9.17) is 0 Å². The predicted octanol–water partition coefficient (Wildman–Crippen LogP) is 2.56. The molecule has 0 aliphatic rings. The monoisotopic (exact) mass is 258 g/mol. The molecule has 0 unspecified atom stereocenters. The molecule has 6 heteroatoms. The molecule has 19 heavy (non-hydrogen) atoms. The van der Waals surface area contributed by atoms with E-state index in [2.05, 4.69) is 15.3 Å². The van der Waals surface area contributed by atoms with Crippen molar-refractivity contribution < 1.29 is 4.92 Å². The van der Waals surface area contributed by atoms with Crippen LogP contribution >= 0.6 is 0 Å². The molecule has 0 atom stereocenters. The second-order valence-electron chi connectivity index (χ2n) is 4.03. The molecule has 0 radical (unpaired) electrons. The number of anilines is 1. The molecule has 1 aromatic heterocycles. The van der Waals surface area contributed by atoms with Crippen LogP contribution in [0.5, 0.6) is 0 Å². The van der Waals surface area contributed by atoms with Crippen molar-refractivity contribution in [3.63, 3.8) is 0 Å². The molecular formula is C13H14N4O2. The van der Waals surface area contributed by atoms with Crippen LogP contribution in [0.15, 0.2) is 36.7 Å². The normalized spacial score (nSPS) is 10.2. The van der Waals surface area contributed by atoms with Crippen LogP contribution in [0.3, 0.4) is 0 Å². The lowest BCUT2D eigenvalue weighted by Gasteiger charge is -2.06. The third-order valence-electron chi connectivity index (χ3n) is 2.71. The number of benzene rings is 1. The number of nitro benzene ring substituents is 1. The number of nitro groups is 1. The number of nitrogens with zero attached hydrogens (tertiary/aromatic N) is 3. The van der Waals surface area contributed by atoms with Crippen molar-refractivity contribution in [3.05, 3.63) is 58.0 Å². The Bertz CT molecular complexity index is 569. The van der Waals surface area contributed by atoms with E-state index in [0.29, 0.717) is 6.54 Å². The van der Waals surface area contributed by atoms with Crippen molar-refractivity contribution in [3.8, 4) is 0 Å². The minimum atomic E-state index is -0.408. The van der Waals surface area contributed by atoms with Gasteiger partial charge in [0.05, 0.1) is 4.92 Å². The van der Waals surface area contributed by atoms with Gasteiger partial charge in [0.15, 0.2) is 0 Å². The molecule has 0 saturated carbocycles. The summed E-state index contributed by atoms with van der Waals surface area (Å²) in [7, 11) is 0. The van der Waals surface area contributed by atoms with Crippen LogP contribution < -0.4 is 5.32 Å². The number of aryl methyl sites for hydroxylation is 1. The smallest absolute Gasteiger partial charge is 0.269 e. The fourth-order valence-corrected chi connectivity index (χ4v) is 1.62. The molecule has 0 spiro atoms. The van der Waals surface area contributed by atoms with E-state index in [9.17, 15) is 10.1 Å². The molecule has 1 N–H and O–H groups in total. The number of rotatable bonds is 5. The maximum atomic E-state index is 10.5. The molecule has 0 aliphatic heterocycles. The molecule has 98 valence electrons. The van der Waals surface area contributed by atoms with Gasteiger partial charge < -0.3 is 5.32 Å². The van der Waals surface area contributed by atoms with Crippen molar-refractivity contribution in [2.45, 2.75) is 19.9 Å². The number of nitrogens with one attached hydrogen (secondary N) is 1. The molecule has 1 heterocycles. The van der Waals surface area contributed by atoms with E-state index >= 15 is 0 Å². The molecule has 2 rings (SSSR count). The van der Waals surface area contributed by atoms with Crippen molar-refractivity contribution in [1.29, 1.82) is 0 Å². The molecular weight excluding hydrogens is 244 g/mol. The van der Waals surface area contributed by atoms with Crippen LogP contribution in [0.2, 0.25) is 0 Å². The Kier molecular flexibility index (Phi) is 4.02.